The summed E-state index contributed by atoms with van der Waals surface area (Å²) in [6.07, 6.45) is 6.41. The van der Waals surface area contributed by atoms with Gasteiger partial charge in [0.2, 0.25) is 0 Å². The fraction of sp³-hybridized carbons (Fsp3) is 0.625. The minimum atomic E-state index is -0.237. The Balaban J connectivity index is 1.97. The van der Waals surface area contributed by atoms with Gasteiger partial charge in [-0.15, -0.1) is 0 Å². The topological polar surface area (TPSA) is 21.3 Å². The zero-order valence-corrected chi connectivity index (χ0v) is 11.9. The Labute approximate surface area is 115 Å². The second kappa shape index (κ2) is 6.90. The zero-order chi connectivity index (χ0) is 13.7. The predicted octanol–water partition coefficient (Wildman–Crippen LogP) is 3.89. The van der Waals surface area contributed by atoms with Crippen LogP contribution in [0, 0.1) is 11.7 Å². The van der Waals surface area contributed by atoms with Gasteiger partial charge in [-0.2, -0.15) is 0 Å². The lowest BCUT2D eigenvalue weighted by atomic mass is 9.97. The van der Waals surface area contributed by atoms with Crippen molar-refractivity contribution in [3.8, 4) is 5.75 Å². The lowest BCUT2D eigenvalue weighted by Gasteiger charge is -2.23. The summed E-state index contributed by atoms with van der Waals surface area (Å²) < 4.78 is 19.1. The molecule has 0 aliphatic heterocycles. The predicted molar refractivity (Wildman–Crippen MR) is 75.8 cm³/mol. The average molecular weight is 265 g/mol. The van der Waals surface area contributed by atoms with Gasteiger partial charge in [0.15, 0.2) is 11.6 Å². The molecule has 0 radical (unpaired) electrons. The molecule has 2 rings (SSSR count). The first-order valence-corrected chi connectivity index (χ1v) is 7.27. The summed E-state index contributed by atoms with van der Waals surface area (Å²) in [5.74, 6) is 0.767. The van der Waals surface area contributed by atoms with Crippen LogP contribution >= 0.6 is 0 Å². The van der Waals surface area contributed by atoms with Crippen LogP contribution in [0.3, 0.4) is 0 Å². The third-order valence-corrected chi connectivity index (χ3v) is 4.18. The van der Waals surface area contributed by atoms with Gasteiger partial charge in [0.05, 0.1) is 7.11 Å². The zero-order valence-electron chi connectivity index (χ0n) is 11.9. The molecule has 0 amide bonds. The van der Waals surface area contributed by atoms with Gasteiger partial charge in [0, 0.05) is 18.2 Å². The second-order valence-electron chi connectivity index (χ2n) is 5.54. The Morgan fingerprint density at radius 3 is 2.84 bits per heavy atom. The van der Waals surface area contributed by atoms with Gasteiger partial charge < -0.3 is 10.1 Å². The smallest absolute Gasteiger partial charge is 0.169 e. The summed E-state index contributed by atoms with van der Waals surface area (Å²) >= 11 is 0. The van der Waals surface area contributed by atoms with Gasteiger partial charge in [-0.25, -0.2) is 4.39 Å². The summed E-state index contributed by atoms with van der Waals surface area (Å²) in [4.78, 5) is 0. The van der Waals surface area contributed by atoms with Gasteiger partial charge in [-0.3, -0.25) is 0 Å². The first-order chi connectivity index (χ1) is 9.22. The van der Waals surface area contributed by atoms with E-state index >= 15 is 0 Å². The lowest BCUT2D eigenvalue weighted by Crippen LogP contribution is -2.34. The number of hydrogen-bond donors (Lipinski definition) is 1. The second-order valence-corrected chi connectivity index (χ2v) is 5.54. The van der Waals surface area contributed by atoms with Crippen molar-refractivity contribution in [3.63, 3.8) is 0 Å². The third-order valence-electron chi connectivity index (χ3n) is 4.18. The first kappa shape index (κ1) is 14.3. The normalized spacial score (nSPS) is 23.9. The fourth-order valence-electron chi connectivity index (χ4n) is 2.89. The van der Waals surface area contributed by atoms with E-state index in [1.807, 2.05) is 12.1 Å². The number of ether oxygens (including phenoxy) is 1. The van der Waals surface area contributed by atoms with Crippen LogP contribution in [-0.2, 0) is 6.54 Å². The monoisotopic (exact) mass is 265 g/mol. The van der Waals surface area contributed by atoms with Crippen molar-refractivity contribution in [1.82, 2.24) is 5.32 Å². The van der Waals surface area contributed by atoms with Crippen molar-refractivity contribution in [1.29, 1.82) is 0 Å². The van der Waals surface area contributed by atoms with Gasteiger partial charge in [0.25, 0.3) is 0 Å². The van der Waals surface area contributed by atoms with E-state index in [9.17, 15) is 4.39 Å². The molecule has 1 aromatic carbocycles. The molecule has 3 heteroatoms. The maximum atomic E-state index is 14.0. The number of halogens is 1. The molecule has 0 heterocycles. The Bertz CT molecular complexity index is 408. The largest absolute Gasteiger partial charge is 0.494 e. The molecule has 0 saturated heterocycles. The van der Waals surface area contributed by atoms with Crippen molar-refractivity contribution in [3.05, 3.63) is 29.6 Å². The molecule has 2 atom stereocenters. The molecule has 1 aromatic rings. The van der Waals surface area contributed by atoms with E-state index in [-0.39, 0.29) is 5.82 Å². The van der Waals surface area contributed by atoms with Crippen molar-refractivity contribution in [2.45, 2.75) is 51.6 Å². The molecule has 0 spiro atoms. The SMILES string of the molecule is COc1cccc(CNC2CCCCCC2C)c1F. The van der Waals surface area contributed by atoms with Crippen LogP contribution < -0.4 is 10.1 Å². The Morgan fingerprint density at radius 2 is 2.05 bits per heavy atom. The summed E-state index contributed by atoms with van der Waals surface area (Å²) in [6, 6.07) is 5.84. The molecular formula is C16H24FNO. The molecule has 0 bridgehead atoms. The van der Waals surface area contributed by atoms with Crippen LogP contribution in [0.5, 0.6) is 5.75 Å². The Kier molecular flexibility index (Phi) is 5.20. The molecule has 2 unspecified atom stereocenters. The molecular weight excluding hydrogens is 241 g/mol. The van der Waals surface area contributed by atoms with Crippen molar-refractivity contribution >= 4 is 0 Å². The van der Waals surface area contributed by atoms with E-state index in [1.54, 1.807) is 6.07 Å². The van der Waals surface area contributed by atoms with E-state index in [2.05, 4.69) is 12.2 Å². The van der Waals surface area contributed by atoms with Crippen LogP contribution in [0.25, 0.3) is 0 Å². The van der Waals surface area contributed by atoms with Crippen LogP contribution in [-0.4, -0.2) is 13.2 Å². The lowest BCUT2D eigenvalue weighted by molar-refractivity contribution is 0.350. The third kappa shape index (κ3) is 3.69. The first-order valence-electron chi connectivity index (χ1n) is 7.27. The van der Waals surface area contributed by atoms with Crippen molar-refractivity contribution < 1.29 is 9.13 Å². The highest BCUT2D eigenvalue weighted by atomic mass is 19.1. The summed E-state index contributed by atoms with van der Waals surface area (Å²) in [5.41, 5.74) is 0.691. The van der Waals surface area contributed by atoms with Gasteiger partial charge in [-0.1, -0.05) is 38.3 Å². The van der Waals surface area contributed by atoms with E-state index in [0.29, 0.717) is 29.8 Å². The van der Waals surface area contributed by atoms with Crippen LogP contribution in [0.4, 0.5) is 4.39 Å². The highest BCUT2D eigenvalue weighted by molar-refractivity contribution is 5.30. The summed E-state index contributed by atoms with van der Waals surface area (Å²) in [7, 11) is 1.50. The highest BCUT2D eigenvalue weighted by Gasteiger charge is 2.19. The van der Waals surface area contributed by atoms with E-state index in [0.717, 1.165) is 0 Å². The number of benzene rings is 1. The standard InChI is InChI=1S/C16H24FNO/c1-12-7-4-3-5-9-14(12)18-11-13-8-6-10-15(19-2)16(13)17/h6,8,10,12,14,18H,3-5,7,9,11H2,1-2H3. The summed E-state index contributed by atoms with van der Waals surface area (Å²) in [6.45, 7) is 2.88. The fourth-order valence-corrected chi connectivity index (χ4v) is 2.89. The maximum Gasteiger partial charge on any atom is 0.169 e. The average Bonchev–Trinajstić information content (AvgIpc) is 2.62. The van der Waals surface area contributed by atoms with E-state index in [4.69, 9.17) is 4.74 Å². The molecule has 1 aliphatic rings. The van der Waals surface area contributed by atoms with Gasteiger partial charge >= 0.3 is 0 Å². The maximum absolute atomic E-state index is 14.0. The van der Waals surface area contributed by atoms with E-state index in [1.165, 1.54) is 39.2 Å². The Hall–Kier alpha value is -1.09. The van der Waals surface area contributed by atoms with Crippen LogP contribution in [0.15, 0.2) is 18.2 Å². The molecule has 0 aromatic heterocycles. The number of rotatable bonds is 4. The van der Waals surface area contributed by atoms with E-state index < -0.39 is 0 Å². The van der Waals surface area contributed by atoms with Crippen molar-refractivity contribution in [2.75, 3.05) is 7.11 Å². The summed E-state index contributed by atoms with van der Waals surface area (Å²) in [5, 5.41) is 3.52. The molecule has 1 aliphatic carbocycles. The molecule has 1 N–H and O–H groups in total. The number of hydrogen-bond acceptors (Lipinski definition) is 2. The minimum Gasteiger partial charge on any atom is -0.494 e. The van der Waals surface area contributed by atoms with Crippen molar-refractivity contribution in [2.24, 2.45) is 5.92 Å². The minimum absolute atomic E-state index is 0.237. The quantitative estimate of drug-likeness (QED) is 0.834. The molecule has 106 valence electrons. The number of methoxy groups -OCH3 is 1. The Morgan fingerprint density at radius 1 is 1.26 bits per heavy atom. The van der Waals surface area contributed by atoms with Crippen LogP contribution in [0.1, 0.15) is 44.6 Å². The number of nitrogens with one attached hydrogen (secondary N) is 1. The molecule has 19 heavy (non-hydrogen) atoms. The highest BCUT2D eigenvalue weighted by Crippen LogP contribution is 2.24. The van der Waals surface area contributed by atoms with Gasteiger partial charge in [0.1, 0.15) is 0 Å². The molecule has 1 saturated carbocycles. The molecule has 2 nitrogen and oxygen atoms in total. The van der Waals surface area contributed by atoms with Gasteiger partial charge in [-0.05, 0) is 24.8 Å². The van der Waals surface area contributed by atoms with Crippen LogP contribution in [0.2, 0.25) is 0 Å². The molecule has 1 fully saturated rings.